The van der Waals surface area contributed by atoms with Gasteiger partial charge in [0.05, 0.1) is 20.7 Å². The number of nitro groups is 1. The van der Waals surface area contributed by atoms with Crippen LogP contribution >= 0.6 is 23.2 Å². The zero-order chi connectivity index (χ0) is 15.6. The second kappa shape index (κ2) is 5.99. The summed E-state index contributed by atoms with van der Waals surface area (Å²) in [7, 11) is 0. The Balaban J connectivity index is 2.20. The van der Waals surface area contributed by atoms with E-state index >= 15 is 0 Å². The fourth-order valence-corrected chi connectivity index (χ4v) is 2.07. The number of nitrogens with one attached hydrogen (secondary N) is 1. The van der Waals surface area contributed by atoms with Crippen molar-refractivity contribution in [3.8, 4) is 0 Å². The van der Waals surface area contributed by atoms with Crippen LogP contribution in [-0.2, 0) is 0 Å². The first-order chi connectivity index (χ1) is 9.88. The number of rotatable bonds is 3. The molecule has 0 atom stereocenters. The Kier molecular flexibility index (Phi) is 4.30. The van der Waals surface area contributed by atoms with E-state index in [1.807, 2.05) is 0 Å². The summed E-state index contributed by atoms with van der Waals surface area (Å²) in [6.45, 7) is 0. The molecule has 21 heavy (non-hydrogen) atoms. The number of nitrogens with two attached hydrogens (primary N) is 1. The highest BCUT2D eigenvalue weighted by atomic mass is 35.5. The number of anilines is 2. The van der Waals surface area contributed by atoms with Gasteiger partial charge in [0.1, 0.15) is 0 Å². The van der Waals surface area contributed by atoms with Crippen molar-refractivity contribution >= 4 is 46.2 Å². The highest BCUT2D eigenvalue weighted by Gasteiger charge is 2.12. The lowest BCUT2D eigenvalue weighted by Gasteiger charge is -2.08. The van der Waals surface area contributed by atoms with Crippen LogP contribution in [0.1, 0.15) is 10.4 Å². The topological polar surface area (TPSA) is 98.3 Å². The van der Waals surface area contributed by atoms with E-state index in [4.69, 9.17) is 28.9 Å². The molecule has 8 heteroatoms. The molecule has 0 aliphatic rings. The number of benzene rings is 2. The molecule has 0 radical (unpaired) electrons. The van der Waals surface area contributed by atoms with E-state index in [0.717, 1.165) is 0 Å². The molecule has 0 saturated carbocycles. The van der Waals surface area contributed by atoms with E-state index in [1.54, 1.807) is 0 Å². The Hall–Kier alpha value is -2.31. The van der Waals surface area contributed by atoms with Crippen LogP contribution in [0.3, 0.4) is 0 Å². The lowest BCUT2D eigenvalue weighted by atomic mass is 10.2. The largest absolute Gasteiger partial charge is 0.396 e. The van der Waals surface area contributed by atoms with Crippen LogP contribution in [-0.4, -0.2) is 10.8 Å². The quantitative estimate of drug-likeness (QED) is 0.510. The second-order valence-electron chi connectivity index (χ2n) is 4.11. The first-order valence-electron chi connectivity index (χ1n) is 5.69. The molecule has 0 aliphatic heterocycles. The van der Waals surface area contributed by atoms with Crippen LogP contribution < -0.4 is 11.1 Å². The van der Waals surface area contributed by atoms with Gasteiger partial charge in [-0.15, -0.1) is 0 Å². The van der Waals surface area contributed by atoms with Gasteiger partial charge < -0.3 is 11.1 Å². The van der Waals surface area contributed by atoms with Gasteiger partial charge in [0.2, 0.25) is 0 Å². The van der Waals surface area contributed by atoms with Gasteiger partial charge in [0.25, 0.3) is 11.6 Å². The van der Waals surface area contributed by atoms with E-state index in [0.29, 0.717) is 5.69 Å². The minimum absolute atomic E-state index is 0.0634. The molecule has 0 heterocycles. The van der Waals surface area contributed by atoms with Gasteiger partial charge in [-0.05, 0) is 24.3 Å². The summed E-state index contributed by atoms with van der Waals surface area (Å²) in [6, 6.07) is 8.22. The second-order valence-corrected chi connectivity index (χ2v) is 4.93. The van der Waals surface area contributed by atoms with Crippen molar-refractivity contribution < 1.29 is 9.72 Å². The first kappa shape index (κ1) is 15.1. The third-order valence-electron chi connectivity index (χ3n) is 2.68. The third kappa shape index (κ3) is 3.42. The molecule has 0 fully saturated rings. The van der Waals surface area contributed by atoms with Gasteiger partial charge in [0, 0.05) is 23.4 Å². The molecule has 2 aromatic rings. The molecule has 0 aromatic heterocycles. The van der Waals surface area contributed by atoms with Crippen molar-refractivity contribution in [3.05, 3.63) is 62.1 Å². The molecule has 0 aliphatic carbocycles. The summed E-state index contributed by atoms with van der Waals surface area (Å²) in [5.74, 6) is -0.451. The van der Waals surface area contributed by atoms with Crippen molar-refractivity contribution in [3.63, 3.8) is 0 Å². The summed E-state index contributed by atoms with van der Waals surface area (Å²) in [4.78, 5) is 22.1. The van der Waals surface area contributed by atoms with Crippen LogP contribution in [0.15, 0.2) is 36.4 Å². The molecular formula is C13H9Cl2N3O3. The fraction of sp³-hybridized carbons (Fsp3) is 0. The summed E-state index contributed by atoms with van der Waals surface area (Å²) in [5, 5.41) is 13.5. The molecule has 2 rings (SSSR count). The number of carbonyl (C=O) groups excluding carboxylic acids is 1. The zero-order valence-electron chi connectivity index (χ0n) is 10.5. The van der Waals surface area contributed by atoms with Crippen LogP contribution in [0.4, 0.5) is 17.1 Å². The van der Waals surface area contributed by atoms with E-state index in [9.17, 15) is 14.9 Å². The SMILES string of the molecule is Nc1c(Cl)cc(C(=O)Nc2ccc([N+](=O)[O-])cc2)cc1Cl. The minimum atomic E-state index is -0.523. The molecule has 0 bridgehead atoms. The number of nitrogens with zero attached hydrogens (tertiary/aromatic N) is 1. The number of halogens is 2. The van der Waals surface area contributed by atoms with Crippen molar-refractivity contribution in [1.29, 1.82) is 0 Å². The Labute approximate surface area is 129 Å². The number of nitro benzene ring substituents is 1. The fourth-order valence-electron chi connectivity index (χ4n) is 1.59. The minimum Gasteiger partial charge on any atom is -0.396 e. The molecule has 0 spiro atoms. The van der Waals surface area contributed by atoms with E-state index in [2.05, 4.69) is 5.32 Å². The molecule has 3 N–H and O–H groups in total. The van der Waals surface area contributed by atoms with E-state index < -0.39 is 10.8 Å². The highest BCUT2D eigenvalue weighted by Crippen LogP contribution is 2.29. The Morgan fingerprint density at radius 1 is 1.14 bits per heavy atom. The summed E-state index contributed by atoms with van der Waals surface area (Å²) in [6.07, 6.45) is 0. The van der Waals surface area contributed by atoms with E-state index in [-0.39, 0.29) is 27.0 Å². The third-order valence-corrected chi connectivity index (χ3v) is 3.30. The number of nitrogen functional groups attached to an aromatic ring is 1. The Morgan fingerprint density at radius 3 is 2.14 bits per heavy atom. The lowest BCUT2D eigenvalue weighted by Crippen LogP contribution is -2.12. The van der Waals surface area contributed by atoms with Gasteiger partial charge in [-0.2, -0.15) is 0 Å². The summed E-state index contributed by atoms with van der Waals surface area (Å²) in [5.41, 5.74) is 6.37. The average Bonchev–Trinajstić information content (AvgIpc) is 2.44. The van der Waals surface area contributed by atoms with Gasteiger partial charge in [-0.3, -0.25) is 14.9 Å². The van der Waals surface area contributed by atoms with Gasteiger partial charge >= 0.3 is 0 Å². The maximum Gasteiger partial charge on any atom is 0.269 e. The Morgan fingerprint density at radius 2 is 1.67 bits per heavy atom. The molecule has 6 nitrogen and oxygen atoms in total. The molecule has 0 unspecified atom stereocenters. The predicted molar refractivity (Wildman–Crippen MR) is 81.9 cm³/mol. The van der Waals surface area contributed by atoms with Crippen LogP contribution in [0.2, 0.25) is 10.0 Å². The number of amides is 1. The monoisotopic (exact) mass is 325 g/mol. The maximum atomic E-state index is 12.0. The van der Waals surface area contributed by atoms with Gasteiger partial charge in [0.15, 0.2) is 0 Å². The normalized spacial score (nSPS) is 10.2. The maximum absolute atomic E-state index is 12.0. The molecule has 2 aromatic carbocycles. The first-order valence-corrected chi connectivity index (χ1v) is 6.44. The lowest BCUT2D eigenvalue weighted by molar-refractivity contribution is -0.384. The van der Waals surface area contributed by atoms with Crippen molar-refractivity contribution in [2.45, 2.75) is 0 Å². The van der Waals surface area contributed by atoms with Gasteiger partial charge in [-0.25, -0.2) is 0 Å². The molecule has 1 amide bonds. The standard InChI is InChI=1S/C13H9Cl2N3O3/c14-10-5-7(6-11(15)12(10)16)13(19)17-8-1-3-9(4-2-8)18(20)21/h1-6H,16H2,(H,17,19). The van der Waals surface area contributed by atoms with Crippen molar-refractivity contribution in [2.24, 2.45) is 0 Å². The average molecular weight is 326 g/mol. The molecule has 108 valence electrons. The van der Waals surface area contributed by atoms with Gasteiger partial charge in [-0.1, -0.05) is 23.2 Å². The van der Waals surface area contributed by atoms with E-state index in [1.165, 1.54) is 36.4 Å². The highest BCUT2D eigenvalue weighted by molar-refractivity contribution is 6.39. The smallest absolute Gasteiger partial charge is 0.269 e. The van der Waals surface area contributed by atoms with Crippen LogP contribution in [0.5, 0.6) is 0 Å². The number of non-ortho nitro benzene ring substituents is 1. The predicted octanol–water partition coefficient (Wildman–Crippen LogP) is 3.74. The van der Waals surface area contributed by atoms with Crippen molar-refractivity contribution in [2.75, 3.05) is 11.1 Å². The Bertz CT molecular complexity index is 694. The number of hydrogen-bond acceptors (Lipinski definition) is 4. The zero-order valence-corrected chi connectivity index (χ0v) is 12.0. The van der Waals surface area contributed by atoms with Crippen molar-refractivity contribution in [1.82, 2.24) is 0 Å². The molecular weight excluding hydrogens is 317 g/mol. The van der Waals surface area contributed by atoms with Crippen LogP contribution in [0, 0.1) is 10.1 Å². The summed E-state index contributed by atoms with van der Waals surface area (Å²) < 4.78 is 0. The summed E-state index contributed by atoms with van der Waals surface area (Å²) >= 11 is 11.7. The number of carbonyl (C=O) groups is 1. The molecule has 0 saturated heterocycles. The number of hydrogen-bond donors (Lipinski definition) is 2. The van der Waals surface area contributed by atoms with Crippen LogP contribution in [0.25, 0.3) is 0 Å².